The summed E-state index contributed by atoms with van der Waals surface area (Å²) in [7, 11) is 1.88. The molecule has 1 heterocycles. The number of hydrogen-bond donors (Lipinski definition) is 1. The minimum atomic E-state index is -0.839. The van der Waals surface area contributed by atoms with E-state index >= 15 is 0 Å². The maximum Gasteiger partial charge on any atom is 0.235 e. The number of amides is 1. The monoisotopic (exact) mass is 330 g/mol. The Balaban J connectivity index is 1.95. The number of hydrogen-bond acceptors (Lipinski definition) is 5. The van der Waals surface area contributed by atoms with Crippen molar-refractivity contribution < 1.29 is 4.79 Å². The van der Waals surface area contributed by atoms with E-state index in [9.17, 15) is 10.1 Å². The third-order valence-corrected chi connectivity index (χ3v) is 4.96. The van der Waals surface area contributed by atoms with Crippen LogP contribution >= 0.6 is 11.3 Å². The Morgan fingerprint density at radius 1 is 1.48 bits per heavy atom. The van der Waals surface area contributed by atoms with Crippen molar-refractivity contribution in [2.75, 3.05) is 13.6 Å². The topological polar surface area (TPSA) is 69.0 Å². The number of nitrogens with one attached hydrogen (secondary N) is 1. The first-order valence-electron chi connectivity index (χ1n) is 7.59. The number of likely N-dealkylation sites (N-methyl/N-ethyl adjacent to an activating group) is 1. The zero-order chi connectivity index (χ0) is 17.0. The molecule has 1 aromatic carbocycles. The average Bonchev–Trinajstić information content (AvgIpc) is 2.88. The Labute approximate surface area is 140 Å². The van der Waals surface area contributed by atoms with Gasteiger partial charge in [0.25, 0.3) is 0 Å². The summed E-state index contributed by atoms with van der Waals surface area (Å²) < 4.78 is 1.15. The molecule has 1 atom stereocenters. The highest BCUT2D eigenvalue weighted by Crippen LogP contribution is 2.22. The molecule has 0 radical (unpaired) electrons. The summed E-state index contributed by atoms with van der Waals surface area (Å²) in [6.45, 7) is 6.45. The summed E-state index contributed by atoms with van der Waals surface area (Å²) in [4.78, 5) is 18.7. The van der Waals surface area contributed by atoms with E-state index in [4.69, 9.17) is 0 Å². The smallest absolute Gasteiger partial charge is 0.235 e. The van der Waals surface area contributed by atoms with Gasteiger partial charge in [-0.1, -0.05) is 26.0 Å². The lowest BCUT2D eigenvalue weighted by molar-refractivity contribution is -0.123. The van der Waals surface area contributed by atoms with Crippen molar-refractivity contribution >= 4 is 27.5 Å². The average molecular weight is 330 g/mol. The van der Waals surface area contributed by atoms with Gasteiger partial charge in [0.1, 0.15) is 10.5 Å². The van der Waals surface area contributed by atoms with Gasteiger partial charge in [0, 0.05) is 0 Å². The quantitative estimate of drug-likeness (QED) is 0.884. The lowest BCUT2D eigenvalue weighted by atomic mass is 9.90. The highest BCUT2D eigenvalue weighted by atomic mass is 32.1. The van der Waals surface area contributed by atoms with E-state index in [1.807, 2.05) is 50.1 Å². The van der Waals surface area contributed by atoms with Gasteiger partial charge in [-0.25, -0.2) is 4.98 Å². The third-order valence-electron chi connectivity index (χ3n) is 3.94. The summed E-state index contributed by atoms with van der Waals surface area (Å²) >= 11 is 1.64. The lowest BCUT2D eigenvalue weighted by Crippen LogP contribution is -2.51. The summed E-state index contributed by atoms with van der Waals surface area (Å²) in [6, 6.07) is 10.2. The fourth-order valence-corrected chi connectivity index (χ4v) is 3.20. The molecule has 1 aromatic heterocycles. The molecular weight excluding hydrogens is 308 g/mol. The molecule has 1 N–H and O–H groups in total. The van der Waals surface area contributed by atoms with Gasteiger partial charge < -0.3 is 5.32 Å². The normalized spacial score (nSPS) is 14.0. The maximum absolute atomic E-state index is 12.2. The molecule has 0 unspecified atom stereocenters. The largest absolute Gasteiger partial charge is 0.337 e. The number of para-hydroxylation sites is 1. The Morgan fingerprint density at radius 2 is 2.17 bits per heavy atom. The van der Waals surface area contributed by atoms with Crippen LogP contribution in [0.5, 0.6) is 0 Å². The molecule has 0 aliphatic carbocycles. The van der Waals surface area contributed by atoms with Crippen molar-refractivity contribution in [3.63, 3.8) is 0 Å². The van der Waals surface area contributed by atoms with E-state index in [0.29, 0.717) is 6.54 Å². The third kappa shape index (κ3) is 4.27. The second-order valence-electron chi connectivity index (χ2n) is 6.26. The second-order valence-corrected chi connectivity index (χ2v) is 7.38. The van der Waals surface area contributed by atoms with Crippen LogP contribution in [-0.2, 0) is 11.3 Å². The molecule has 1 amide bonds. The Hall–Kier alpha value is -1.97. The van der Waals surface area contributed by atoms with Gasteiger partial charge in [-0.05, 0) is 32.0 Å². The van der Waals surface area contributed by atoms with Crippen LogP contribution in [0.25, 0.3) is 10.2 Å². The van der Waals surface area contributed by atoms with Crippen molar-refractivity contribution in [1.82, 2.24) is 15.2 Å². The number of nitriles is 1. The van der Waals surface area contributed by atoms with Gasteiger partial charge in [-0.3, -0.25) is 9.69 Å². The minimum absolute atomic E-state index is 0.0472. The number of thiazole rings is 1. The molecule has 2 rings (SSSR count). The number of rotatable bonds is 6. The van der Waals surface area contributed by atoms with Crippen LogP contribution in [0.2, 0.25) is 0 Å². The van der Waals surface area contributed by atoms with Crippen molar-refractivity contribution in [3.05, 3.63) is 29.3 Å². The molecule has 0 fully saturated rings. The number of nitrogens with zero attached hydrogens (tertiary/aromatic N) is 3. The Kier molecular flexibility index (Phi) is 5.34. The van der Waals surface area contributed by atoms with E-state index in [0.717, 1.165) is 15.2 Å². The van der Waals surface area contributed by atoms with Crippen molar-refractivity contribution in [3.8, 4) is 6.07 Å². The maximum atomic E-state index is 12.2. The predicted octanol–water partition coefficient (Wildman–Crippen LogP) is 2.78. The zero-order valence-electron chi connectivity index (χ0n) is 14.0. The fourth-order valence-electron chi connectivity index (χ4n) is 2.15. The first-order valence-corrected chi connectivity index (χ1v) is 8.41. The van der Waals surface area contributed by atoms with Crippen molar-refractivity contribution in [2.24, 2.45) is 5.92 Å². The van der Waals surface area contributed by atoms with Gasteiger partial charge in [0.05, 0.1) is 29.4 Å². The van der Waals surface area contributed by atoms with E-state index < -0.39 is 5.54 Å². The van der Waals surface area contributed by atoms with E-state index in [1.165, 1.54) is 0 Å². The highest BCUT2D eigenvalue weighted by molar-refractivity contribution is 7.18. The molecule has 2 aromatic rings. The van der Waals surface area contributed by atoms with Gasteiger partial charge in [-0.15, -0.1) is 11.3 Å². The molecule has 0 saturated heterocycles. The van der Waals surface area contributed by atoms with Gasteiger partial charge >= 0.3 is 0 Å². The standard InChI is InChI=1S/C17H22N4OS/c1-12(2)17(3,11-18)20-15(22)9-21(4)10-16-19-13-7-5-6-8-14(13)23-16/h5-8,12H,9-10H2,1-4H3,(H,20,22)/t17-/m0/s1. The van der Waals surface area contributed by atoms with Crippen LogP contribution in [-0.4, -0.2) is 34.9 Å². The van der Waals surface area contributed by atoms with Crippen molar-refractivity contribution in [1.29, 1.82) is 5.26 Å². The Bertz CT molecular complexity index is 701. The Morgan fingerprint density at radius 3 is 2.78 bits per heavy atom. The van der Waals surface area contributed by atoms with Crippen LogP contribution in [0.1, 0.15) is 25.8 Å². The molecule has 6 heteroatoms. The van der Waals surface area contributed by atoms with E-state index in [1.54, 1.807) is 18.3 Å². The molecule has 0 spiro atoms. The molecule has 0 bridgehead atoms. The number of aromatic nitrogens is 1. The van der Waals surface area contributed by atoms with Crippen LogP contribution in [0.15, 0.2) is 24.3 Å². The number of carbonyl (C=O) groups is 1. The molecule has 0 saturated carbocycles. The van der Waals surface area contributed by atoms with E-state index in [-0.39, 0.29) is 18.4 Å². The fraction of sp³-hybridized carbons (Fsp3) is 0.471. The van der Waals surface area contributed by atoms with Crippen LogP contribution in [0.4, 0.5) is 0 Å². The molecular formula is C17H22N4OS. The number of fused-ring (bicyclic) bond motifs is 1. The highest BCUT2D eigenvalue weighted by Gasteiger charge is 2.30. The SMILES string of the molecule is CC(C)[C@](C)(C#N)NC(=O)CN(C)Cc1nc2ccccc2s1. The summed E-state index contributed by atoms with van der Waals surface area (Å²) in [6.07, 6.45) is 0. The van der Waals surface area contributed by atoms with Gasteiger partial charge in [0.2, 0.25) is 5.91 Å². The summed E-state index contributed by atoms with van der Waals surface area (Å²) in [5.74, 6) is -0.0996. The molecule has 0 aliphatic heterocycles. The van der Waals surface area contributed by atoms with Crippen molar-refractivity contribution in [2.45, 2.75) is 32.9 Å². The summed E-state index contributed by atoms with van der Waals surface area (Å²) in [5.41, 5.74) is 0.149. The first kappa shape index (κ1) is 17.4. The zero-order valence-corrected chi connectivity index (χ0v) is 14.8. The number of benzene rings is 1. The molecule has 122 valence electrons. The van der Waals surface area contributed by atoms with E-state index in [2.05, 4.69) is 16.4 Å². The first-order chi connectivity index (χ1) is 10.8. The minimum Gasteiger partial charge on any atom is -0.337 e. The van der Waals surface area contributed by atoms with Gasteiger partial charge in [-0.2, -0.15) is 5.26 Å². The van der Waals surface area contributed by atoms with Crippen LogP contribution in [0, 0.1) is 17.2 Å². The molecule has 0 aliphatic rings. The van der Waals surface area contributed by atoms with Crippen LogP contribution < -0.4 is 5.32 Å². The predicted molar refractivity (Wildman–Crippen MR) is 93.0 cm³/mol. The second kappa shape index (κ2) is 7.07. The van der Waals surface area contributed by atoms with Gasteiger partial charge in [0.15, 0.2) is 0 Å². The molecule has 5 nitrogen and oxygen atoms in total. The summed E-state index contributed by atoms with van der Waals surface area (Å²) in [5, 5.41) is 13.1. The van der Waals surface area contributed by atoms with Crippen LogP contribution in [0.3, 0.4) is 0 Å². The molecule has 23 heavy (non-hydrogen) atoms. The lowest BCUT2D eigenvalue weighted by Gasteiger charge is -2.28. The number of carbonyl (C=O) groups excluding carboxylic acids is 1.